The van der Waals surface area contributed by atoms with E-state index in [4.69, 9.17) is 4.74 Å². The minimum Gasteiger partial charge on any atom is -0.481 e. The summed E-state index contributed by atoms with van der Waals surface area (Å²) in [5.41, 5.74) is 0. The monoisotopic (exact) mass is 179 g/mol. The van der Waals surface area contributed by atoms with Crippen LogP contribution in [0, 0.1) is 0 Å². The number of hydrogen-bond acceptors (Lipinski definition) is 4. The molecule has 0 aromatic carbocycles. The highest BCUT2D eigenvalue weighted by Gasteiger charge is 2.25. The molecule has 4 heteroatoms. The standard InChI is InChI=1S/C9H13N3O/c1-7-4-6-12(7)9-10-5-3-8(11-9)13-2/h3,5,7H,4,6H2,1-2H3. The lowest BCUT2D eigenvalue weighted by Crippen LogP contribution is -2.46. The quantitative estimate of drug-likeness (QED) is 0.681. The van der Waals surface area contributed by atoms with Crippen molar-refractivity contribution >= 4 is 5.95 Å². The van der Waals surface area contributed by atoms with E-state index in [1.165, 1.54) is 6.42 Å². The molecule has 13 heavy (non-hydrogen) atoms. The Morgan fingerprint density at radius 1 is 1.62 bits per heavy atom. The molecule has 0 bridgehead atoms. The summed E-state index contributed by atoms with van der Waals surface area (Å²) in [5.74, 6) is 1.40. The van der Waals surface area contributed by atoms with E-state index in [0.29, 0.717) is 11.9 Å². The minimum atomic E-state index is 0.562. The fourth-order valence-corrected chi connectivity index (χ4v) is 1.40. The van der Waals surface area contributed by atoms with Crippen LogP contribution in [-0.4, -0.2) is 29.7 Å². The normalized spacial score (nSPS) is 21.1. The van der Waals surface area contributed by atoms with Gasteiger partial charge >= 0.3 is 0 Å². The maximum absolute atomic E-state index is 5.03. The summed E-state index contributed by atoms with van der Waals surface area (Å²) < 4.78 is 5.03. The van der Waals surface area contributed by atoms with Crippen molar-refractivity contribution in [3.63, 3.8) is 0 Å². The van der Waals surface area contributed by atoms with Gasteiger partial charge in [0.05, 0.1) is 7.11 Å². The topological polar surface area (TPSA) is 38.2 Å². The number of rotatable bonds is 2. The van der Waals surface area contributed by atoms with Gasteiger partial charge in [0.2, 0.25) is 11.8 Å². The molecule has 0 saturated carbocycles. The molecule has 70 valence electrons. The molecule has 1 aromatic heterocycles. The van der Waals surface area contributed by atoms with Crippen molar-refractivity contribution < 1.29 is 4.74 Å². The van der Waals surface area contributed by atoms with Crippen molar-refractivity contribution in [1.29, 1.82) is 0 Å². The number of ether oxygens (including phenoxy) is 1. The molecule has 0 aliphatic carbocycles. The summed E-state index contributed by atoms with van der Waals surface area (Å²) in [6.45, 7) is 3.22. The first-order chi connectivity index (χ1) is 6.31. The van der Waals surface area contributed by atoms with E-state index in [2.05, 4.69) is 21.8 Å². The second kappa shape index (κ2) is 3.20. The molecule has 0 amide bonds. The molecule has 0 spiro atoms. The van der Waals surface area contributed by atoms with Gasteiger partial charge < -0.3 is 9.64 Å². The SMILES string of the molecule is COc1ccnc(N2CCC2C)n1. The van der Waals surface area contributed by atoms with Crippen molar-refractivity contribution in [2.45, 2.75) is 19.4 Å². The van der Waals surface area contributed by atoms with Crippen molar-refractivity contribution in [3.8, 4) is 5.88 Å². The van der Waals surface area contributed by atoms with E-state index in [-0.39, 0.29) is 0 Å². The first kappa shape index (κ1) is 8.29. The van der Waals surface area contributed by atoms with E-state index in [1.54, 1.807) is 19.4 Å². The van der Waals surface area contributed by atoms with Gasteiger partial charge in [-0.05, 0) is 13.3 Å². The number of aromatic nitrogens is 2. The van der Waals surface area contributed by atoms with E-state index in [9.17, 15) is 0 Å². The molecule has 0 radical (unpaired) electrons. The highest BCUT2D eigenvalue weighted by Crippen LogP contribution is 2.23. The molecule has 0 N–H and O–H groups in total. The molecule has 2 heterocycles. The lowest BCUT2D eigenvalue weighted by Gasteiger charge is -2.38. The van der Waals surface area contributed by atoms with Gasteiger partial charge in [-0.1, -0.05) is 0 Å². The third-order valence-corrected chi connectivity index (χ3v) is 2.40. The maximum Gasteiger partial charge on any atom is 0.228 e. The Kier molecular flexibility index (Phi) is 2.04. The lowest BCUT2D eigenvalue weighted by molar-refractivity contribution is 0.393. The van der Waals surface area contributed by atoms with Gasteiger partial charge in [0, 0.05) is 24.8 Å². The first-order valence-electron chi connectivity index (χ1n) is 4.45. The smallest absolute Gasteiger partial charge is 0.228 e. The average molecular weight is 179 g/mol. The fraction of sp³-hybridized carbons (Fsp3) is 0.556. The van der Waals surface area contributed by atoms with Crippen LogP contribution in [0.25, 0.3) is 0 Å². The summed E-state index contributed by atoms with van der Waals surface area (Å²) in [6.07, 6.45) is 2.95. The van der Waals surface area contributed by atoms with Crippen LogP contribution in [0.4, 0.5) is 5.95 Å². The van der Waals surface area contributed by atoms with Crippen LogP contribution in [0.1, 0.15) is 13.3 Å². The predicted molar refractivity (Wildman–Crippen MR) is 50.0 cm³/mol. The zero-order valence-corrected chi connectivity index (χ0v) is 7.90. The van der Waals surface area contributed by atoms with Crippen LogP contribution in [0.15, 0.2) is 12.3 Å². The molecule has 1 unspecified atom stereocenters. The summed E-state index contributed by atoms with van der Waals surface area (Å²) in [4.78, 5) is 10.6. The molecule has 1 atom stereocenters. The molecule has 1 aromatic rings. The first-order valence-corrected chi connectivity index (χ1v) is 4.45. The van der Waals surface area contributed by atoms with E-state index in [1.807, 2.05) is 0 Å². The van der Waals surface area contributed by atoms with Crippen molar-refractivity contribution in [1.82, 2.24) is 9.97 Å². The number of methoxy groups -OCH3 is 1. The highest BCUT2D eigenvalue weighted by molar-refractivity contribution is 5.36. The van der Waals surface area contributed by atoms with Crippen molar-refractivity contribution in [2.75, 3.05) is 18.6 Å². The highest BCUT2D eigenvalue weighted by atomic mass is 16.5. The Bertz CT molecular complexity index is 303. The van der Waals surface area contributed by atoms with Crippen molar-refractivity contribution in [3.05, 3.63) is 12.3 Å². The molecule has 1 fully saturated rings. The van der Waals surface area contributed by atoms with Crippen LogP contribution in [0.3, 0.4) is 0 Å². The van der Waals surface area contributed by atoms with Gasteiger partial charge in [-0.25, -0.2) is 4.98 Å². The average Bonchev–Trinajstić information content (AvgIpc) is 2.16. The number of hydrogen-bond donors (Lipinski definition) is 0. The number of anilines is 1. The zero-order valence-electron chi connectivity index (χ0n) is 7.90. The Balaban J connectivity index is 2.20. The largest absolute Gasteiger partial charge is 0.481 e. The predicted octanol–water partition coefficient (Wildman–Crippen LogP) is 1.08. The summed E-state index contributed by atoms with van der Waals surface area (Å²) >= 11 is 0. The van der Waals surface area contributed by atoms with Crippen molar-refractivity contribution in [2.24, 2.45) is 0 Å². The molecule has 4 nitrogen and oxygen atoms in total. The van der Waals surface area contributed by atoms with Crippen LogP contribution < -0.4 is 9.64 Å². The van der Waals surface area contributed by atoms with Gasteiger partial charge in [0.15, 0.2) is 0 Å². The summed E-state index contributed by atoms with van der Waals surface area (Å²) in [7, 11) is 1.62. The second-order valence-corrected chi connectivity index (χ2v) is 3.23. The van der Waals surface area contributed by atoms with Crippen LogP contribution >= 0.6 is 0 Å². The Hall–Kier alpha value is -1.32. The summed E-state index contributed by atoms with van der Waals surface area (Å²) in [5, 5.41) is 0. The van der Waals surface area contributed by atoms with Crippen LogP contribution in [0.2, 0.25) is 0 Å². The van der Waals surface area contributed by atoms with Gasteiger partial charge in [0.1, 0.15) is 0 Å². The number of nitrogens with zero attached hydrogens (tertiary/aromatic N) is 3. The third-order valence-electron chi connectivity index (χ3n) is 2.40. The van der Waals surface area contributed by atoms with Crippen LogP contribution in [-0.2, 0) is 0 Å². The summed E-state index contributed by atoms with van der Waals surface area (Å²) in [6, 6.07) is 2.32. The van der Waals surface area contributed by atoms with Gasteiger partial charge in [-0.15, -0.1) is 0 Å². The Labute approximate surface area is 77.6 Å². The molecule has 1 aliphatic heterocycles. The van der Waals surface area contributed by atoms with E-state index >= 15 is 0 Å². The fourth-order valence-electron chi connectivity index (χ4n) is 1.40. The second-order valence-electron chi connectivity index (χ2n) is 3.23. The maximum atomic E-state index is 5.03. The molecule has 2 rings (SSSR count). The molecular formula is C9H13N3O. The van der Waals surface area contributed by atoms with E-state index in [0.717, 1.165) is 12.5 Å². The molecule has 1 saturated heterocycles. The molecular weight excluding hydrogens is 166 g/mol. The molecule has 1 aliphatic rings. The Morgan fingerprint density at radius 2 is 2.46 bits per heavy atom. The lowest BCUT2D eigenvalue weighted by atomic mass is 10.1. The third kappa shape index (κ3) is 1.43. The van der Waals surface area contributed by atoms with Gasteiger partial charge in [-0.3, -0.25) is 0 Å². The minimum absolute atomic E-state index is 0.562. The Morgan fingerprint density at radius 3 is 3.00 bits per heavy atom. The van der Waals surface area contributed by atoms with E-state index < -0.39 is 0 Å². The van der Waals surface area contributed by atoms with Crippen LogP contribution in [0.5, 0.6) is 5.88 Å². The van der Waals surface area contributed by atoms with Gasteiger partial charge in [-0.2, -0.15) is 4.98 Å². The van der Waals surface area contributed by atoms with Gasteiger partial charge in [0.25, 0.3) is 0 Å². The zero-order chi connectivity index (χ0) is 9.26.